The lowest BCUT2D eigenvalue weighted by molar-refractivity contribution is 0.554. The maximum absolute atomic E-state index is 3.48. The Morgan fingerprint density at radius 2 is 2.14 bits per heavy atom. The Morgan fingerprint density at radius 3 is 2.71 bits per heavy atom. The van der Waals surface area contributed by atoms with Crippen LogP contribution in [0, 0.1) is 5.92 Å². The first kappa shape index (κ1) is 12.1. The van der Waals surface area contributed by atoms with Crippen LogP contribution in [0.1, 0.15) is 20.8 Å². The van der Waals surface area contributed by atoms with E-state index in [0.717, 1.165) is 19.0 Å². The molecule has 3 heteroatoms. The van der Waals surface area contributed by atoms with Gasteiger partial charge in [-0.2, -0.15) is 0 Å². The highest BCUT2D eigenvalue weighted by Gasteiger charge is 2.04. The van der Waals surface area contributed by atoms with Gasteiger partial charge in [0.2, 0.25) is 0 Å². The predicted molar refractivity (Wildman–Crippen MR) is 67.3 cm³/mol. The summed E-state index contributed by atoms with van der Waals surface area (Å²) in [4.78, 5) is 0. The Morgan fingerprint density at radius 1 is 1.36 bits per heavy atom. The van der Waals surface area contributed by atoms with Crippen LogP contribution in [0.4, 0.5) is 0 Å². The number of hydrogen-bond acceptors (Lipinski definition) is 3. The summed E-state index contributed by atoms with van der Waals surface area (Å²) < 4.78 is 1.42. The van der Waals surface area contributed by atoms with E-state index < -0.39 is 0 Å². The van der Waals surface area contributed by atoms with E-state index in [9.17, 15) is 0 Å². The van der Waals surface area contributed by atoms with E-state index in [1.807, 2.05) is 23.1 Å². The smallest absolute Gasteiger partial charge is 0.0601 e. The molecule has 0 fully saturated rings. The van der Waals surface area contributed by atoms with Gasteiger partial charge in [-0.25, -0.2) is 0 Å². The zero-order valence-electron chi connectivity index (χ0n) is 9.12. The quantitative estimate of drug-likeness (QED) is 0.750. The van der Waals surface area contributed by atoms with Crippen molar-refractivity contribution in [1.82, 2.24) is 5.32 Å². The first-order chi connectivity index (χ1) is 6.68. The van der Waals surface area contributed by atoms with E-state index >= 15 is 0 Å². The van der Waals surface area contributed by atoms with Crippen molar-refractivity contribution >= 4 is 23.1 Å². The maximum atomic E-state index is 3.48. The Bertz CT molecular complexity index is 231. The molecule has 1 atom stereocenters. The second-order valence-electron chi connectivity index (χ2n) is 3.91. The normalized spacial score (nSPS) is 13.4. The Kier molecular flexibility index (Phi) is 5.60. The third-order valence-corrected chi connectivity index (χ3v) is 3.97. The Labute approximate surface area is 95.3 Å². The summed E-state index contributed by atoms with van der Waals surface area (Å²) in [5.41, 5.74) is 0. The first-order valence-electron chi connectivity index (χ1n) is 5.09. The van der Waals surface area contributed by atoms with Gasteiger partial charge in [0, 0.05) is 11.8 Å². The molecule has 1 nitrogen and oxygen atoms in total. The highest BCUT2D eigenvalue weighted by atomic mass is 32.2. The Balaban J connectivity index is 2.13. The summed E-state index contributed by atoms with van der Waals surface area (Å²) in [6.45, 7) is 8.97. The topological polar surface area (TPSA) is 12.0 Å². The van der Waals surface area contributed by atoms with Crippen LogP contribution in [0.3, 0.4) is 0 Å². The van der Waals surface area contributed by atoms with E-state index in [-0.39, 0.29) is 0 Å². The second kappa shape index (κ2) is 6.49. The molecule has 0 amide bonds. The van der Waals surface area contributed by atoms with Gasteiger partial charge in [-0.1, -0.05) is 26.8 Å². The molecule has 0 aliphatic carbocycles. The molecule has 1 unspecified atom stereocenters. The molecule has 0 saturated carbocycles. The van der Waals surface area contributed by atoms with Gasteiger partial charge in [-0.05, 0) is 23.9 Å². The number of thiophene rings is 1. The van der Waals surface area contributed by atoms with Gasteiger partial charge in [0.05, 0.1) is 4.21 Å². The average Bonchev–Trinajstić information content (AvgIpc) is 2.56. The molecule has 14 heavy (non-hydrogen) atoms. The fraction of sp³-hybridized carbons (Fsp3) is 0.636. The van der Waals surface area contributed by atoms with Crippen LogP contribution in [0.2, 0.25) is 0 Å². The number of nitrogens with one attached hydrogen (secondary N) is 1. The molecule has 0 bridgehead atoms. The molecule has 0 saturated heterocycles. The molecule has 80 valence electrons. The lowest BCUT2D eigenvalue weighted by atomic mass is 10.2. The fourth-order valence-electron chi connectivity index (χ4n) is 1.15. The fourth-order valence-corrected chi connectivity index (χ4v) is 3.23. The molecule has 1 rings (SSSR count). The minimum atomic E-state index is 0.660. The van der Waals surface area contributed by atoms with Crippen LogP contribution in [-0.4, -0.2) is 18.3 Å². The zero-order chi connectivity index (χ0) is 10.4. The van der Waals surface area contributed by atoms with E-state index in [0.29, 0.717) is 5.25 Å². The van der Waals surface area contributed by atoms with Gasteiger partial charge in [-0.15, -0.1) is 23.1 Å². The van der Waals surface area contributed by atoms with Crippen molar-refractivity contribution in [3.05, 3.63) is 17.5 Å². The zero-order valence-corrected chi connectivity index (χ0v) is 10.8. The van der Waals surface area contributed by atoms with Crippen LogP contribution < -0.4 is 5.32 Å². The lowest BCUT2D eigenvalue weighted by Crippen LogP contribution is -2.26. The molecule has 0 aromatic carbocycles. The van der Waals surface area contributed by atoms with Crippen LogP contribution in [0.25, 0.3) is 0 Å². The maximum Gasteiger partial charge on any atom is 0.0601 e. The monoisotopic (exact) mass is 229 g/mol. The molecular weight excluding hydrogens is 210 g/mol. The van der Waals surface area contributed by atoms with Crippen molar-refractivity contribution in [3.63, 3.8) is 0 Å². The highest BCUT2D eigenvalue weighted by Crippen LogP contribution is 2.26. The third-order valence-electron chi connectivity index (χ3n) is 1.80. The summed E-state index contributed by atoms with van der Waals surface area (Å²) >= 11 is 3.78. The van der Waals surface area contributed by atoms with E-state index in [1.165, 1.54) is 4.21 Å². The average molecular weight is 229 g/mol. The SMILES string of the molecule is CC(C)CNCC(C)Sc1cccs1. The summed E-state index contributed by atoms with van der Waals surface area (Å²) in [7, 11) is 0. The van der Waals surface area contributed by atoms with Crippen molar-refractivity contribution in [2.75, 3.05) is 13.1 Å². The van der Waals surface area contributed by atoms with Gasteiger partial charge < -0.3 is 5.32 Å². The standard InChI is InChI=1S/C11H19NS2/c1-9(2)7-12-8-10(3)14-11-5-4-6-13-11/h4-6,9-10,12H,7-8H2,1-3H3. The molecular formula is C11H19NS2. The number of rotatable bonds is 6. The predicted octanol–water partition coefficient (Wildman–Crippen LogP) is 3.47. The molecule has 1 N–H and O–H groups in total. The third kappa shape index (κ3) is 5.03. The second-order valence-corrected chi connectivity index (χ2v) is 6.60. The van der Waals surface area contributed by atoms with E-state index in [2.05, 4.69) is 43.6 Å². The summed E-state index contributed by atoms with van der Waals surface area (Å²) in [6.07, 6.45) is 0. The van der Waals surface area contributed by atoms with Crippen molar-refractivity contribution in [3.8, 4) is 0 Å². The van der Waals surface area contributed by atoms with Gasteiger partial charge in [0.25, 0.3) is 0 Å². The van der Waals surface area contributed by atoms with Crippen molar-refractivity contribution in [1.29, 1.82) is 0 Å². The molecule has 0 spiro atoms. The minimum Gasteiger partial charge on any atom is -0.315 e. The molecule has 1 aromatic rings. The number of hydrogen-bond donors (Lipinski definition) is 1. The highest BCUT2D eigenvalue weighted by molar-refractivity contribution is 8.01. The van der Waals surface area contributed by atoms with E-state index in [4.69, 9.17) is 0 Å². The largest absolute Gasteiger partial charge is 0.315 e. The lowest BCUT2D eigenvalue weighted by Gasteiger charge is -2.12. The number of thioether (sulfide) groups is 1. The van der Waals surface area contributed by atoms with Gasteiger partial charge in [0.15, 0.2) is 0 Å². The molecule has 1 heterocycles. The summed E-state index contributed by atoms with van der Waals surface area (Å²) in [6, 6.07) is 4.30. The molecule has 0 aliphatic heterocycles. The van der Waals surface area contributed by atoms with Gasteiger partial charge in [-0.3, -0.25) is 0 Å². The molecule has 1 aromatic heterocycles. The van der Waals surface area contributed by atoms with E-state index in [1.54, 1.807) is 0 Å². The van der Waals surface area contributed by atoms with Gasteiger partial charge >= 0.3 is 0 Å². The van der Waals surface area contributed by atoms with Crippen molar-refractivity contribution in [2.24, 2.45) is 5.92 Å². The van der Waals surface area contributed by atoms with Crippen LogP contribution in [0.15, 0.2) is 21.7 Å². The first-order valence-corrected chi connectivity index (χ1v) is 6.85. The van der Waals surface area contributed by atoms with Crippen molar-refractivity contribution < 1.29 is 0 Å². The summed E-state index contributed by atoms with van der Waals surface area (Å²) in [5, 5.41) is 6.28. The Hall–Kier alpha value is 0.01000. The molecule has 0 aliphatic rings. The summed E-state index contributed by atoms with van der Waals surface area (Å²) in [5.74, 6) is 0.744. The molecule has 0 radical (unpaired) electrons. The van der Waals surface area contributed by atoms with Crippen LogP contribution in [0.5, 0.6) is 0 Å². The van der Waals surface area contributed by atoms with Gasteiger partial charge in [0.1, 0.15) is 0 Å². The van der Waals surface area contributed by atoms with Crippen LogP contribution in [-0.2, 0) is 0 Å². The van der Waals surface area contributed by atoms with Crippen molar-refractivity contribution in [2.45, 2.75) is 30.2 Å². The van der Waals surface area contributed by atoms with Crippen LogP contribution >= 0.6 is 23.1 Å². The minimum absolute atomic E-state index is 0.660.